The highest BCUT2D eigenvalue weighted by molar-refractivity contribution is 7.20. The molecule has 1 aliphatic heterocycles. The smallest absolute Gasteiger partial charge is 0.317 e. The second-order valence-electron chi connectivity index (χ2n) is 7.90. The predicted octanol–water partition coefficient (Wildman–Crippen LogP) is 4.01. The zero-order chi connectivity index (χ0) is 22.5. The summed E-state index contributed by atoms with van der Waals surface area (Å²) in [6, 6.07) is 18.2. The molecule has 0 spiro atoms. The number of hydrogen-bond acceptors (Lipinski definition) is 5. The minimum absolute atomic E-state index is 0.0768. The van der Waals surface area contributed by atoms with Crippen LogP contribution in [0.25, 0.3) is 10.4 Å². The summed E-state index contributed by atoms with van der Waals surface area (Å²) < 4.78 is 0. The van der Waals surface area contributed by atoms with Gasteiger partial charge in [0.2, 0.25) is 0 Å². The van der Waals surface area contributed by atoms with Gasteiger partial charge in [-0.3, -0.25) is 15.0 Å². The number of hydrogen-bond donors (Lipinski definition) is 4. The molecule has 3 aromatic rings. The Morgan fingerprint density at radius 3 is 2.41 bits per heavy atom. The Morgan fingerprint density at radius 1 is 1.06 bits per heavy atom. The Hall–Kier alpha value is -3.36. The van der Waals surface area contributed by atoms with Crippen molar-refractivity contribution in [3.8, 4) is 16.2 Å². The molecule has 4 rings (SSSR count). The van der Waals surface area contributed by atoms with Crippen molar-refractivity contribution in [2.45, 2.75) is 25.4 Å². The highest BCUT2D eigenvalue weighted by Crippen LogP contribution is 2.36. The van der Waals surface area contributed by atoms with Gasteiger partial charge in [-0.2, -0.15) is 0 Å². The number of nitrogens with one attached hydrogen (secondary N) is 2. The second-order valence-corrected chi connectivity index (χ2v) is 8.95. The third-order valence-corrected chi connectivity index (χ3v) is 6.64. The summed E-state index contributed by atoms with van der Waals surface area (Å²) in [5, 5.41) is 15.6. The Kier molecular flexibility index (Phi) is 6.72. The first kappa shape index (κ1) is 21.9. The summed E-state index contributed by atoms with van der Waals surface area (Å²) in [5.74, 6) is -0.0612. The number of anilines is 1. The second kappa shape index (κ2) is 9.84. The minimum atomic E-state index is -0.715. The van der Waals surface area contributed by atoms with Crippen LogP contribution < -0.4 is 16.4 Å². The van der Waals surface area contributed by atoms with E-state index in [9.17, 15) is 14.7 Å². The lowest BCUT2D eigenvalue weighted by Gasteiger charge is -2.32. The molecule has 0 radical (unpaired) electrons. The van der Waals surface area contributed by atoms with E-state index < -0.39 is 6.03 Å². The SMILES string of the molecule is NC(=O)Nc1sc(-c2ccc(O)cc2)cc1C(=O)NC1CCN(Cc2ccccc2)CC1. The van der Waals surface area contributed by atoms with Crippen LogP contribution in [0.2, 0.25) is 0 Å². The summed E-state index contributed by atoms with van der Waals surface area (Å²) in [5.41, 5.74) is 7.83. The molecule has 166 valence electrons. The first-order chi connectivity index (χ1) is 15.5. The summed E-state index contributed by atoms with van der Waals surface area (Å²) in [6.45, 7) is 2.73. The molecular weight excluding hydrogens is 424 g/mol. The molecule has 1 saturated heterocycles. The fourth-order valence-corrected chi connectivity index (χ4v) is 4.94. The molecule has 2 heterocycles. The van der Waals surface area contributed by atoms with Crippen LogP contribution in [0.5, 0.6) is 5.75 Å². The number of urea groups is 1. The summed E-state index contributed by atoms with van der Waals surface area (Å²) in [7, 11) is 0. The van der Waals surface area contributed by atoms with E-state index in [1.54, 1.807) is 30.3 Å². The number of thiophene rings is 1. The zero-order valence-electron chi connectivity index (χ0n) is 17.6. The van der Waals surface area contributed by atoms with Crippen molar-refractivity contribution in [3.05, 3.63) is 71.8 Å². The Morgan fingerprint density at radius 2 is 1.75 bits per heavy atom. The number of rotatable bonds is 6. The van der Waals surface area contributed by atoms with E-state index in [0.29, 0.717) is 10.6 Å². The summed E-state index contributed by atoms with van der Waals surface area (Å²) >= 11 is 1.28. The van der Waals surface area contributed by atoms with Crippen molar-refractivity contribution in [1.29, 1.82) is 0 Å². The predicted molar refractivity (Wildman–Crippen MR) is 127 cm³/mol. The Bertz CT molecular complexity index is 1070. The number of carbonyl (C=O) groups excluding carboxylic acids is 2. The maximum absolute atomic E-state index is 13.0. The van der Waals surface area contributed by atoms with Crippen molar-refractivity contribution in [2.75, 3.05) is 18.4 Å². The van der Waals surface area contributed by atoms with Crippen LogP contribution in [0.3, 0.4) is 0 Å². The van der Waals surface area contributed by atoms with Crippen LogP contribution >= 0.6 is 11.3 Å². The molecule has 0 bridgehead atoms. The van der Waals surface area contributed by atoms with Gasteiger partial charge >= 0.3 is 6.03 Å². The number of nitrogens with zero attached hydrogens (tertiary/aromatic N) is 1. The van der Waals surface area contributed by atoms with Gasteiger partial charge in [-0.15, -0.1) is 11.3 Å². The monoisotopic (exact) mass is 450 g/mol. The number of amides is 3. The maximum Gasteiger partial charge on any atom is 0.317 e. The fraction of sp³-hybridized carbons (Fsp3) is 0.250. The fourth-order valence-electron chi connectivity index (χ4n) is 3.87. The van der Waals surface area contributed by atoms with Crippen LogP contribution in [0.4, 0.5) is 9.80 Å². The first-order valence-electron chi connectivity index (χ1n) is 10.5. The average Bonchev–Trinajstić information content (AvgIpc) is 3.19. The van der Waals surface area contributed by atoms with Crippen LogP contribution in [0.1, 0.15) is 28.8 Å². The number of phenols is 1. The molecule has 2 aromatic carbocycles. The van der Waals surface area contributed by atoms with E-state index in [4.69, 9.17) is 5.73 Å². The number of nitrogens with two attached hydrogens (primary N) is 1. The first-order valence-corrected chi connectivity index (χ1v) is 11.4. The Labute approximate surface area is 190 Å². The molecule has 32 heavy (non-hydrogen) atoms. The zero-order valence-corrected chi connectivity index (χ0v) is 18.4. The van der Waals surface area contributed by atoms with E-state index in [-0.39, 0.29) is 17.7 Å². The van der Waals surface area contributed by atoms with Gasteiger partial charge in [0.25, 0.3) is 5.91 Å². The Balaban J connectivity index is 1.41. The van der Waals surface area contributed by atoms with Gasteiger partial charge in [0.15, 0.2) is 0 Å². The third kappa shape index (κ3) is 5.46. The van der Waals surface area contributed by atoms with E-state index in [2.05, 4.69) is 27.7 Å². The van der Waals surface area contributed by atoms with Crippen molar-refractivity contribution in [3.63, 3.8) is 0 Å². The molecule has 0 atom stereocenters. The van der Waals surface area contributed by atoms with Crippen LogP contribution in [-0.2, 0) is 6.54 Å². The van der Waals surface area contributed by atoms with Gasteiger partial charge in [-0.25, -0.2) is 4.79 Å². The van der Waals surface area contributed by atoms with Gasteiger partial charge in [-0.05, 0) is 54.3 Å². The molecule has 1 aromatic heterocycles. The molecule has 0 saturated carbocycles. The molecule has 0 aliphatic carbocycles. The van der Waals surface area contributed by atoms with E-state index in [1.807, 2.05) is 18.2 Å². The minimum Gasteiger partial charge on any atom is -0.508 e. The van der Waals surface area contributed by atoms with Gasteiger partial charge in [0.05, 0.1) is 5.56 Å². The van der Waals surface area contributed by atoms with Crippen molar-refractivity contribution >= 4 is 28.3 Å². The summed E-state index contributed by atoms with van der Waals surface area (Å²) in [6.07, 6.45) is 1.73. The number of carbonyl (C=O) groups is 2. The highest BCUT2D eigenvalue weighted by Gasteiger charge is 2.24. The molecular formula is C24H26N4O3S. The largest absolute Gasteiger partial charge is 0.508 e. The lowest BCUT2D eigenvalue weighted by Crippen LogP contribution is -2.44. The standard InChI is InChI=1S/C24H26N4O3S/c25-24(31)27-23-20(14-21(32-23)17-6-8-19(29)9-7-17)22(30)26-18-10-12-28(13-11-18)15-16-4-2-1-3-5-16/h1-9,14,18,29H,10-13,15H2,(H,26,30)(H3,25,27,31). The number of likely N-dealkylation sites (tertiary alicyclic amines) is 1. The number of piperidine rings is 1. The van der Waals surface area contributed by atoms with Gasteiger partial charge in [0.1, 0.15) is 10.8 Å². The summed E-state index contributed by atoms with van der Waals surface area (Å²) in [4.78, 5) is 27.7. The van der Waals surface area contributed by atoms with Gasteiger partial charge < -0.3 is 16.2 Å². The van der Waals surface area contributed by atoms with Crippen LogP contribution in [0.15, 0.2) is 60.7 Å². The number of benzene rings is 2. The molecule has 1 fully saturated rings. The van der Waals surface area contributed by atoms with Crippen molar-refractivity contribution in [1.82, 2.24) is 10.2 Å². The van der Waals surface area contributed by atoms with E-state index in [1.165, 1.54) is 16.9 Å². The van der Waals surface area contributed by atoms with Crippen molar-refractivity contribution in [2.24, 2.45) is 5.73 Å². The number of primary amides is 1. The number of phenolic OH excluding ortho intramolecular Hbond substituents is 1. The lowest BCUT2D eigenvalue weighted by molar-refractivity contribution is 0.0910. The normalized spacial score (nSPS) is 14.8. The average molecular weight is 451 g/mol. The molecule has 1 aliphatic rings. The van der Waals surface area contributed by atoms with Gasteiger partial charge in [0, 0.05) is 30.6 Å². The number of aromatic hydroxyl groups is 1. The van der Waals surface area contributed by atoms with Crippen LogP contribution in [0, 0.1) is 0 Å². The van der Waals surface area contributed by atoms with Gasteiger partial charge in [-0.1, -0.05) is 30.3 Å². The lowest BCUT2D eigenvalue weighted by atomic mass is 10.0. The van der Waals surface area contributed by atoms with E-state index >= 15 is 0 Å². The molecule has 8 heteroatoms. The van der Waals surface area contributed by atoms with Crippen LogP contribution in [-0.4, -0.2) is 41.1 Å². The maximum atomic E-state index is 13.0. The third-order valence-electron chi connectivity index (χ3n) is 5.54. The molecule has 7 nitrogen and oxygen atoms in total. The molecule has 0 unspecified atom stereocenters. The van der Waals surface area contributed by atoms with E-state index in [0.717, 1.165) is 42.9 Å². The quantitative estimate of drug-likeness (QED) is 0.455. The topological polar surface area (TPSA) is 108 Å². The highest BCUT2D eigenvalue weighted by atomic mass is 32.1. The molecule has 5 N–H and O–H groups in total. The molecule has 3 amide bonds. The van der Waals surface area contributed by atoms with Crippen molar-refractivity contribution < 1.29 is 14.7 Å².